The lowest BCUT2D eigenvalue weighted by Gasteiger charge is -2.11. The second-order valence-electron chi connectivity index (χ2n) is 4.66. The molecule has 84 valence electrons. The number of rotatable bonds is 4. The fraction of sp³-hybridized carbons (Fsp3) is 0.700. The summed E-state index contributed by atoms with van der Waals surface area (Å²) in [5.74, 6) is -0.389. The van der Waals surface area contributed by atoms with Crippen LogP contribution in [0.1, 0.15) is 26.2 Å². The molecular weight excluding hydrogens is 214 g/mol. The van der Waals surface area contributed by atoms with Gasteiger partial charge in [-0.05, 0) is 32.1 Å². The van der Waals surface area contributed by atoms with Crippen molar-refractivity contribution in [1.82, 2.24) is 4.72 Å². The van der Waals surface area contributed by atoms with Crippen molar-refractivity contribution in [2.75, 3.05) is 0 Å². The van der Waals surface area contributed by atoms with Gasteiger partial charge in [-0.2, -0.15) is 0 Å². The van der Waals surface area contributed by atoms with Crippen LogP contribution in [-0.4, -0.2) is 19.1 Å². The predicted octanol–water partition coefficient (Wildman–Crippen LogP) is 0.807. The van der Waals surface area contributed by atoms with Crippen molar-refractivity contribution < 1.29 is 13.2 Å². The van der Waals surface area contributed by atoms with Crippen molar-refractivity contribution in [3.8, 4) is 0 Å². The van der Waals surface area contributed by atoms with Crippen LogP contribution in [0, 0.1) is 11.8 Å². The largest absolute Gasteiger partial charge is 0.274 e. The van der Waals surface area contributed by atoms with Crippen molar-refractivity contribution in [2.45, 2.75) is 30.9 Å². The van der Waals surface area contributed by atoms with E-state index in [1.165, 1.54) is 0 Å². The molecule has 0 aliphatic heterocycles. The summed E-state index contributed by atoms with van der Waals surface area (Å²) in [6, 6.07) is 0. The molecule has 2 fully saturated rings. The van der Waals surface area contributed by atoms with Gasteiger partial charge in [0, 0.05) is 5.92 Å². The molecule has 1 amide bonds. The number of carbonyl (C=O) groups excluding carboxylic acids is 1. The molecule has 2 atom stereocenters. The van der Waals surface area contributed by atoms with E-state index in [1.807, 2.05) is 0 Å². The zero-order valence-electron chi connectivity index (χ0n) is 8.69. The number of amides is 1. The molecule has 1 unspecified atom stereocenters. The normalized spacial score (nSPS) is 31.8. The first-order valence-electron chi connectivity index (χ1n) is 5.08. The molecule has 2 saturated carbocycles. The van der Waals surface area contributed by atoms with Crippen LogP contribution in [0.4, 0.5) is 0 Å². The van der Waals surface area contributed by atoms with Gasteiger partial charge in [0.05, 0.1) is 4.75 Å². The topological polar surface area (TPSA) is 63.2 Å². The van der Waals surface area contributed by atoms with Gasteiger partial charge in [0.1, 0.15) is 0 Å². The summed E-state index contributed by atoms with van der Waals surface area (Å²) < 4.78 is 24.9. The molecule has 1 N–H and O–H groups in total. The average molecular weight is 229 g/mol. The number of nitrogens with one attached hydrogen (secondary N) is 1. The molecule has 0 radical (unpaired) electrons. The van der Waals surface area contributed by atoms with E-state index in [0.29, 0.717) is 12.8 Å². The maximum atomic E-state index is 11.7. The third kappa shape index (κ3) is 1.80. The van der Waals surface area contributed by atoms with Crippen LogP contribution in [0.15, 0.2) is 12.7 Å². The SMILES string of the molecule is C=C[C@@H]1CC1C(=O)NS(=O)(=O)C1(C)CC1. The zero-order valence-corrected chi connectivity index (χ0v) is 9.51. The Morgan fingerprint density at radius 2 is 2.13 bits per heavy atom. The van der Waals surface area contributed by atoms with Gasteiger partial charge in [-0.25, -0.2) is 8.42 Å². The van der Waals surface area contributed by atoms with Gasteiger partial charge in [-0.1, -0.05) is 6.08 Å². The molecular formula is C10H15NO3S. The molecule has 0 saturated heterocycles. The number of carbonyl (C=O) groups is 1. The van der Waals surface area contributed by atoms with Crippen LogP contribution >= 0.6 is 0 Å². The maximum Gasteiger partial charge on any atom is 0.240 e. The van der Waals surface area contributed by atoms with Gasteiger partial charge in [0.25, 0.3) is 0 Å². The van der Waals surface area contributed by atoms with E-state index in [2.05, 4.69) is 11.3 Å². The lowest BCUT2D eigenvalue weighted by molar-refractivity contribution is -0.120. The van der Waals surface area contributed by atoms with E-state index >= 15 is 0 Å². The molecule has 2 aliphatic carbocycles. The van der Waals surface area contributed by atoms with Crippen LogP contribution in [-0.2, 0) is 14.8 Å². The summed E-state index contributed by atoms with van der Waals surface area (Å²) in [5, 5.41) is 0. The first kappa shape index (κ1) is 10.7. The third-order valence-corrected chi connectivity index (χ3v) is 5.49. The average Bonchev–Trinajstić information content (AvgIpc) is 2.97. The molecule has 0 aromatic heterocycles. The van der Waals surface area contributed by atoms with E-state index in [9.17, 15) is 13.2 Å². The van der Waals surface area contributed by atoms with E-state index in [1.54, 1.807) is 13.0 Å². The maximum absolute atomic E-state index is 11.7. The monoisotopic (exact) mass is 229 g/mol. The molecule has 4 nitrogen and oxygen atoms in total. The van der Waals surface area contributed by atoms with E-state index in [0.717, 1.165) is 6.42 Å². The lowest BCUT2D eigenvalue weighted by atomic mass is 10.3. The minimum absolute atomic E-state index is 0.159. The number of sulfonamides is 1. The van der Waals surface area contributed by atoms with Crippen LogP contribution in [0.25, 0.3) is 0 Å². The predicted molar refractivity (Wildman–Crippen MR) is 56.5 cm³/mol. The molecule has 0 heterocycles. The van der Waals surface area contributed by atoms with Crippen LogP contribution in [0.3, 0.4) is 0 Å². The molecule has 2 rings (SSSR count). The molecule has 2 aliphatic rings. The van der Waals surface area contributed by atoms with Gasteiger partial charge in [-0.3, -0.25) is 9.52 Å². The summed E-state index contributed by atoms with van der Waals surface area (Å²) in [7, 11) is -3.46. The molecule has 0 bridgehead atoms. The lowest BCUT2D eigenvalue weighted by Crippen LogP contribution is -2.39. The highest BCUT2D eigenvalue weighted by molar-refractivity contribution is 7.91. The van der Waals surface area contributed by atoms with E-state index in [4.69, 9.17) is 0 Å². The van der Waals surface area contributed by atoms with Crippen molar-refractivity contribution in [3.05, 3.63) is 12.7 Å². The van der Waals surface area contributed by atoms with Crippen molar-refractivity contribution >= 4 is 15.9 Å². The Morgan fingerprint density at radius 1 is 1.53 bits per heavy atom. The minimum atomic E-state index is -3.46. The highest BCUT2D eigenvalue weighted by Gasteiger charge is 2.52. The summed E-state index contributed by atoms with van der Waals surface area (Å²) in [5.41, 5.74) is 0. The van der Waals surface area contributed by atoms with Crippen LogP contribution in [0.2, 0.25) is 0 Å². The Labute approximate surface area is 89.8 Å². The third-order valence-electron chi connectivity index (χ3n) is 3.32. The molecule has 15 heavy (non-hydrogen) atoms. The Bertz CT molecular complexity index is 408. The highest BCUT2D eigenvalue weighted by Crippen LogP contribution is 2.44. The fourth-order valence-electron chi connectivity index (χ4n) is 1.55. The quantitative estimate of drug-likeness (QED) is 0.725. The second kappa shape index (κ2) is 3.07. The number of hydrogen-bond acceptors (Lipinski definition) is 3. The molecule has 0 aromatic carbocycles. The molecule has 0 aromatic rings. The Hall–Kier alpha value is -0.840. The van der Waals surface area contributed by atoms with Crippen molar-refractivity contribution in [3.63, 3.8) is 0 Å². The zero-order chi connectivity index (χ0) is 11.3. The first-order valence-corrected chi connectivity index (χ1v) is 6.57. The Balaban J connectivity index is 1.98. The minimum Gasteiger partial charge on any atom is -0.274 e. The van der Waals surface area contributed by atoms with Crippen molar-refractivity contribution in [1.29, 1.82) is 0 Å². The van der Waals surface area contributed by atoms with Gasteiger partial charge in [0.15, 0.2) is 0 Å². The summed E-state index contributed by atoms with van der Waals surface area (Å²) in [6.07, 6.45) is 3.72. The smallest absolute Gasteiger partial charge is 0.240 e. The van der Waals surface area contributed by atoms with E-state index < -0.39 is 14.8 Å². The Morgan fingerprint density at radius 3 is 2.53 bits per heavy atom. The number of hydrogen-bond donors (Lipinski definition) is 1. The first-order chi connectivity index (χ1) is 6.89. The van der Waals surface area contributed by atoms with Crippen LogP contribution in [0.5, 0.6) is 0 Å². The standard InChI is InChI=1S/C10H15NO3S/c1-3-7-6-8(7)9(12)11-15(13,14)10(2)4-5-10/h3,7-8H,1,4-6H2,2H3,(H,11,12)/t7-,8?/m1/s1. The van der Waals surface area contributed by atoms with Crippen molar-refractivity contribution in [2.24, 2.45) is 11.8 Å². The molecule has 5 heteroatoms. The Kier molecular flexibility index (Phi) is 2.19. The van der Waals surface area contributed by atoms with E-state index in [-0.39, 0.29) is 17.7 Å². The fourth-order valence-corrected chi connectivity index (χ4v) is 2.85. The van der Waals surface area contributed by atoms with Gasteiger partial charge >= 0.3 is 0 Å². The summed E-state index contributed by atoms with van der Waals surface area (Å²) >= 11 is 0. The summed E-state index contributed by atoms with van der Waals surface area (Å²) in [6.45, 7) is 5.25. The second-order valence-corrected chi connectivity index (χ2v) is 6.86. The highest BCUT2D eigenvalue weighted by atomic mass is 32.2. The van der Waals surface area contributed by atoms with Gasteiger partial charge in [0.2, 0.25) is 15.9 Å². The van der Waals surface area contributed by atoms with Gasteiger partial charge in [-0.15, -0.1) is 6.58 Å². The molecule has 0 spiro atoms. The van der Waals surface area contributed by atoms with Gasteiger partial charge < -0.3 is 0 Å². The van der Waals surface area contributed by atoms with Crippen LogP contribution < -0.4 is 4.72 Å². The number of allylic oxidation sites excluding steroid dienone is 1. The summed E-state index contributed by atoms with van der Waals surface area (Å²) in [4.78, 5) is 11.5.